The van der Waals surface area contributed by atoms with Gasteiger partial charge in [-0.05, 0) is 19.1 Å². The SMILES string of the molecule is CSc1nc(N)cc(N2CCC(C(N)=O)CC2)n1. The van der Waals surface area contributed by atoms with Crippen molar-refractivity contribution in [3.05, 3.63) is 6.07 Å². The monoisotopic (exact) mass is 267 g/mol. The van der Waals surface area contributed by atoms with Crippen molar-refractivity contribution < 1.29 is 4.79 Å². The highest BCUT2D eigenvalue weighted by Crippen LogP contribution is 2.24. The molecule has 6 nitrogen and oxygen atoms in total. The Kier molecular flexibility index (Phi) is 3.90. The van der Waals surface area contributed by atoms with Gasteiger partial charge in [-0.2, -0.15) is 0 Å². The minimum Gasteiger partial charge on any atom is -0.383 e. The van der Waals surface area contributed by atoms with E-state index in [1.165, 1.54) is 11.8 Å². The molecule has 4 N–H and O–H groups in total. The maximum atomic E-state index is 11.1. The third-order valence-corrected chi connectivity index (χ3v) is 3.66. The zero-order chi connectivity index (χ0) is 13.1. The first-order valence-corrected chi connectivity index (χ1v) is 7.05. The van der Waals surface area contributed by atoms with E-state index in [4.69, 9.17) is 11.5 Å². The van der Waals surface area contributed by atoms with Gasteiger partial charge in [0.2, 0.25) is 5.91 Å². The molecule has 7 heteroatoms. The number of piperidine rings is 1. The van der Waals surface area contributed by atoms with Crippen molar-refractivity contribution in [1.29, 1.82) is 0 Å². The number of amides is 1. The van der Waals surface area contributed by atoms with E-state index in [1.807, 2.05) is 6.26 Å². The molecule has 98 valence electrons. The van der Waals surface area contributed by atoms with Gasteiger partial charge in [0.05, 0.1) is 0 Å². The highest BCUT2D eigenvalue weighted by molar-refractivity contribution is 7.98. The number of hydrogen-bond donors (Lipinski definition) is 2. The maximum absolute atomic E-state index is 11.1. The number of hydrogen-bond acceptors (Lipinski definition) is 6. The summed E-state index contributed by atoms with van der Waals surface area (Å²) in [5, 5.41) is 0.669. The van der Waals surface area contributed by atoms with Crippen molar-refractivity contribution in [3.8, 4) is 0 Å². The number of rotatable bonds is 3. The van der Waals surface area contributed by atoms with Gasteiger partial charge in [0, 0.05) is 25.1 Å². The number of carbonyl (C=O) groups excluding carboxylic acids is 1. The maximum Gasteiger partial charge on any atom is 0.220 e. The molecule has 0 aromatic carbocycles. The lowest BCUT2D eigenvalue weighted by Gasteiger charge is -2.31. The second-order valence-electron chi connectivity index (χ2n) is 4.30. The van der Waals surface area contributed by atoms with E-state index >= 15 is 0 Å². The average molecular weight is 267 g/mol. The second-order valence-corrected chi connectivity index (χ2v) is 5.07. The summed E-state index contributed by atoms with van der Waals surface area (Å²) in [6.07, 6.45) is 3.46. The van der Waals surface area contributed by atoms with E-state index in [9.17, 15) is 4.79 Å². The summed E-state index contributed by atoms with van der Waals surface area (Å²) in [4.78, 5) is 21.8. The number of thioether (sulfide) groups is 1. The number of aromatic nitrogens is 2. The Bertz CT molecular complexity index is 445. The predicted molar refractivity (Wildman–Crippen MR) is 72.4 cm³/mol. The van der Waals surface area contributed by atoms with Crippen LogP contribution in [-0.2, 0) is 4.79 Å². The molecule has 0 radical (unpaired) electrons. The van der Waals surface area contributed by atoms with Crippen molar-refractivity contribution in [2.45, 2.75) is 18.0 Å². The number of carbonyl (C=O) groups is 1. The van der Waals surface area contributed by atoms with Crippen LogP contribution in [0.15, 0.2) is 11.2 Å². The third kappa shape index (κ3) is 2.84. The summed E-state index contributed by atoms with van der Waals surface area (Å²) in [5.41, 5.74) is 11.1. The molecule has 0 atom stereocenters. The summed E-state index contributed by atoms with van der Waals surface area (Å²) < 4.78 is 0. The molecule has 2 heterocycles. The predicted octanol–water partition coefficient (Wildman–Crippen LogP) is 0.482. The minimum absolute atomic E-state index is 0.0135. The van der Waals surface area contributed by atoms with E-state index in [0.717, 1.165) is 31.7 Å². The molecule has 18 heavy (non-hydrogen) atoms. The summed E-state index contributed by atoms with van der Waals surface area (Å²) in [5.74, 6) is 1.08. The van der Waals surface area contributed by atoms with Gasteiger partial charge in [0.15, 0.2) is 5.16 Å². The Morgan fingerprint density at radius 1 is 1.44 bits per heavy atom. The van der Waals surface area contributed by atoms with Crippen molar-refractivity contribution >= 4 is 29.3 Å². The van der Waals surface area contributed by atoms with E-state index in [1.54, 1.807) is 6.07 Å². The summed E-state index contributed by atoms with van der Waals surface area (Å²) in [6, 6.07) is 1.77. The van der Waals surface area contributed by atoms with Gasteiger partial charge >= 0.3 is 0 Å². The standard InChI is InChI=1S/C11H17N5OS/c1-18-11-14-8(12)6-9(15-11)16-4-2-7(3-5-16)10(13)17/h6-7H,2-5H2,1H3,(H2,13,17)(H2,12,14,15). The van der Waals surface area contributed by atoms with E-state index in [2.05, 4.69) is 14.9 Å². The topological polar surface area (TPSA) is 98.1 Å². The Balaban J connectivity index is 2.09. The first kappa shape index (κ1) is 12.9. The van der Waals surface area contributed by atoms with E-state index < -0.39 is 0 Å². The Hall–Kier alpha value is -1.50. The van der Waals surface area contributed by atoms with Gasteiger partial charge in [0.1, 0.15) is 11.6 Å². The van der Waals surface area contributed by atoms with E-state index in [0.29, 0.717) is 11.0 Å². The first-order valence-electron chi connectivity index (χ1n) is 5.83. The van der Waals surface area contributed by atoms with Crippen molar-refractivity contribution in [1.82, 2.24) is 9.97 Å². The zero-order valence-corrected chi connectivity index (χ0v) is 11.1. The Morgan fingerprint density at radius 3 is 2.67 bits per heavy atom. The van der Waals surface area contributed by atoms with Crippen molar-refractivity contribution in [2.75, 3.05) is 30.0 Å². The van der Waals surface area contributed by atoms with Crippen LogP contribution in [0.3, 0.4) is 0 Å². The van der Waals surface area contributed by atoms with Gasteiger partial charge in [0.25, 0.3) is 0 Å². The number of nitrogen functional groups attached to an aromatic ring is 1. The molecular weight excluding hydrogens is 250 g/mol. The molecule has 1 aromatic heterocycles. The second kappa shape index (κ2) is 5.43. The third-order valence-electron chi connectivity index (χ3n) is 3.12. The molecule has 1 fully saturated rings. The fraction of sp³-hybridized carbons (Fsp3) is 0.545. The van der Waals surface area contributed by atoms with Crippen LogP contribution in [0.2, 0.25) is 0 Å². The smallest absolute Gasteiger partial charge is 0.220 e. The Morgan fingerprint density at radius 2 is 2.11 bits per heavy atom. The lowest BCUT2D eigenvalue weighted by molar-refractivity contribution is -0.122. The molecule has 0 bridgehead atoms. The molecule has 1 saturated heterocycles. The molecule has 1 aliphatic heterocycles. The minimum atomic E-state index is -0.207. The molecule has 0 unspecified atom stereocenters. The zero-order valence-electron chi connectivity index (χ0n) is 10.3. The summed E-state index contributed by atoms with van der Waals surface area (Å²) in [6.45, 7) is 1.55. The number of nitrogens with zero attached hydrogens (tertiary/aromatic N) is 3. The van der Waals surface area contributed by atoms with Gasteiger partial charge < -0.3 is 16.4 Å². The molecule has 1 amide bonds. The Labute approximate surface area is 110 Å². The van der Waals surface area contributed by atoms with Gasteiger partial charge in [-0.3, -0.25) is 4.79 Å². The lowest BCUT2D eigenvalue weighted by Crippen LogP contribution is -2.39. The molecular formula is C11H17N5OS. The lowest BCUT2D eigenvalue weighted by atomic mass is 9.96. The molecule has 0 saturated carbocycles. The van der Waals surface area contributed by atoms with Crippen molar-refractivity contribution in [2.24, 2.45) is 11.7 Å². The van der Waals surface area contributed by atoms with Crippen LogP contribution >= 0.6 is 11.8 Å². The summed E-state index contributed by atoms with van der Waals surface area (Å²) >= 11 is 1.46. The highest BCUT2D eigenvalue weighted by Gasteiger charge is 2.24. The first-order chi connectivity index (χ1) is 8.60. The molecule has 0 spiro atoms. The normalized spacial score (nSPS) is 16.8. The van der Waals surface area contributed by atoms with Crippen LogP contribution in [0.4, 0.5) is 11.6 Å². The summed E-state index contributed by atoms with van der Waals surface area (Å²) in [7, 11) is 0. The van der Waals surface area contributed by atoms with Crippen LogP contribution in [0.1, 0.15) is 12.8 Å². The average Bonchev–Trinajstić information content (AvgIpc) is 2.38. The number of anilines is 2. The fourth-order valence-electron chi connectivity index (χ4n) is 2.08. The largest absolute Gasteiger partial charge is 0.383 e. The molecule has 0 aliphatic carbocycles. The highest BCUT2D eigenvalue weighted by atomic mass is 32.2. The fourth-order valence-corrected chi connectivity index (χ4v) is 2.46. The van der Waals surface area contributed by atoms with Crippen LogP contribution in [0.5, 0.6) is 0 Å². The van der Waals surface area contributed by atoms with Gasteiger partial charge in [-0.15, -0.1) is 0 Å². The van der Waals surface area contributed by atoms with Crippen LogP contribution < -0.4 is 16.4 Å². The molecule has 2 rings (SSSR count). The molecule has 1 aromatic rings. The van der Waals surface area contributed by atoms with Crippen molar-refractivity contribution in [3.63, 3.8) is 0 Å². The van der Waals surface area contributed by atoms with Gasteiger partial charge in [-0.1, -0.05) is 11.8 Å². The van der Waals surface area contributed by atoms with Gasteiger partial charge in [-0.25, -0.2) is 9.97 Å². The number of nitrogens with two attached hydrogens (primary N) is 2. The van der Waals surface area contributed by atoms with Crippen LogP contribution in [-0.4, -0.2) is 35.2 Å². The quantitative estimate of drug-likeness (QED) is 0.610. The van der Waals surface area contributed by atoms with E-state index in [-0.39, 0.29) is 11.8 Å². The number of primary amides is 1. The van der Waals surface area contributed by atoms with Crippen LogP contribution in [0, 0.1) is 5.92 Å². The molecule has 1 aliphatic rings. The van der Waals surface area contributed by atoms with Crippen LogP contribution in [0.25, 0.3) is 0 Å².